The van der Waals surface area contributed by atoms with E-state index in [1.807, 2.05) is 24.3 Å². The minimum absolute atomic E-state index is 0.416. The largest absolute Gasteiger partial charge is 0.494 e. The molecule has 0 atom stereocenters. The number of amides is 1. The van der Waals surface area contributed by atoms with Crippen molar-refractivity contribution in [1.29, 1.82) is 0 Å². The van der Waals surface area contributed by atoms with Crippen LogP contribution in [0.15, 0.2) is 77.9 Å². The van der Waals surface area contributed by atoms with Gasteiger partial charge in [0.2, 0.25) is 0 Å². The van der Waals surface area contributed by atoms with Crippen LogP contribution in [0.25, 0.3) is 0 Å². The van der Waals surface area contributed by atoms with E-state index in [9.17, 15) is 4.79 Å². The summed E-state index contributed by atoms with van der Waals surface area (Å²) in [6.45, 7) is 2.93. The first-order valence-electron chi connectivity index (χ1n) is 12.4. The lowest BCUT2D eigenvalue weighted by molar-refractivity contribution is -0.140. The van der Waals surface area contributed by atoms with Gasteiger partial charge in [-0.3, -0.25) is 4.79 Å². The van der Waals surface area contributed by atoms with Gasteiger partial charge in [0.15, 0.2) is 0 Å². The monoisotopic (exact) mass is 542 g/mol. The number of carbonyl (C=O) groups excluding carboxylic acids is 1. The second-order valence-electron chi connectivity index (χ2n) is 8.39. The Balaban J connectivity index is 1.51. The predicted molar refractivity (Wildman–Crippen MR) is 149 cm³/mol. The molecular formula is C29H32Cl2N2O4. The lowest BCUT2D eigenvalue weighted by atomic mass is 10.1. The van der Waals surface area contributed by atoms with E-state index in [-0.39, 0.29) is 0 Å². The number of ether oxygens (including phenoxy) is 3. The Labute approximate surface area is 228 Å². The maximum Gasteiger partial charge on any atom is 0.323 e. The van der Waals surface area contributed by atoms with E-state index >= 15 is 0 Å². The standard InChI is InChI=1S/C29H32Cl2N2O4/c1-2-3-4-5-6-7-20-35-25-14-8-22(9-15-25)21-32-33-28(34)29(36-26-16-10-23(30)11-17-26)37-27-18-12-24(31)13-19-27/h8-19,21,29H,2-7,20H2,1H3,(H,33,34)/b32-21-. The minimum Gasteiger partial charge on any atom is -0.494 e. The highest BCUT2D eigenvalue weighted by molar-refractivity contribution is 6.30. The first-order chi connectivity index (χ1) is 18.0. The quantitative estimate of drug-likeness (QED) is 0.0925. The van der Waals surface area contributed by atoms with E-state index < -0.39 is 12.2 Å². The first-order valence-corrected chi connectivity index (χ1v) is 13.2. The van der Waals surface area contributed by atoms with Gasteiger partial charge in [-0.25, -0.2) is 5.43 Å². The third kappa shape index (κ3) is 10.7. The Bertz CT molecular complexity index is 1060. The van der Waals surface area contributed by atoms with Crippen LogP contribution < -0.4 is 19.6 Å². The molecule has 1 N–H and O–H groups in total. The number of halogens is 2. The Morgan fingerprint density at radius 1 is 0.784 bits per heavy atom. The summed E-state index contributed by atoms with van der Waals surface area (Å²) in [5.74, 6) is 1.06. The Morgan fingerprint density at radius 3 is 1.86 bits per heavy atom. The van der Waals surface area contributed by atoms with Crippen molar-refractivity contribution in [2.24, 2.45) is 5.10 Å². The number of hydrazone groups is 1. The van der Waals surface area contributed by atoms with Gasteiger partial charge < -0.3 is 14.2 Å². The van der Waals surface area contributed by atoms with Crippen LogP contribution in [-0.2, 0) is 4.79 Å². The summed E-state index contributed by atoms with van der Waals surface area (Å²) < 4.78 is 17.3. The van der Waals surface area contributed by atoms with Gasteiger partial charge in [-0.05, 0) is 84.8 Å². The van der Waals surface area contributed by atoms with Crippen LogP contribution >= 0.6 is 23.2 Å². The van der Waals surface area contributed by atoms with E-state index in [2.05, 4.69) is 17.5 Å². The van der Waals surface area contributed by atoms with Gasteiger partial charge in [0.05, 0.1) is 12.8 Å². The van der Waals surface area contributed by atoms with Crippen molar-refractivity contribution < 1.29 is 19.0 Å². The second kappa shape index (κ2) is 15.8. The van der Waals surface area contributed by atoms with Crippen LogP contribution in [0.4, 0.5) is 0 Å². The van der Waals surface area contributed by atoms with Gasteiger partial charge >= 0.3 is 12.2 Å². The SMILES string of the molecule is CCCCCCCCOc1ccc(/C=N\NC(=O)C(Oc2ccc(Cl)cc2)Oc2ccc(Cl)cc2)cc1. The number of carbonyl (C=O) groups is 1. The van der Waals surface area contributed by atoms with Gasteiger partial charge in [-0.2, -0.15) is 5.10 Å². The number of benzene rings is 3. The Kier molecular flexibility index (Phi) is 12.1. The molecule has 8 heteroatoms. The molecule has 0 fully saturated rings. The molecule has 3 aromatic rings. The summed E-state index contributed by atoms with van der Waals surface area (Å²) in [4.78, 5) is 12.8. The summed E-state index contributed by atoms with van der Waals surface area (Å²) in [7, 11) is 0. The average molecular weight is 543 g/mol. The first kappa shape index (κ1) is 28.4. The highest BCUT2D eigenvalue weighted by Crippen LogP contribution is 2.21. The number of nitrogens with zero attached hydrogens (tertiary/aromatic N) is 1. The number of hydrogen-bond acceptors (Lipinski definition) is 5. The summed E-state index contributed by atoms with van der Waals surface area (Å²) in [6.07, 6.45) is 7.59. The van der Waals surface area contributed by atoms with Crippen molar-refractivity contribution in [2.75, 3.05) is 6.61 Å². The van der Waals surface area contributed by atoms with Crippen molar-refractivity contribution in [3.05, 3.63) is 88.4 Å². The van der Waals surface area contributed by atoms with E-state index in [0.29, 0.717) is 28.2 Å². The third-order valence-corrected chi connectivity index (χ3v) is 5.87. The molecule has 0 saturated carbocycles. The molecule has 0 aliphatic rings. The number of unbranched alkanes of at least 4 members (excludes halogenated alkanes) is 5. The van der Waals surface area contributed by atoms with E-state index in [1.165, 1.54) is 38.3 Å². The minimum atomic E-state index is -1.29. The van der Waals surface area contributed by atoms with E-state index in [4.69, 9.17) is 37.4 Å². The highest BCUT2D eigenvalue weighted by atomic mass is 35.5. The topological polar surface area (TPSA) is 69.2 Å². The highest BCUT2D eigenvalue weighted by Gasteiger charge is 2.22. The van der Waals surface area contributed by atoms with Crippen LogP contribution in [0.2, 0.25) is 10.0 Å². The van der Waals surface area contributed by atoms with Crippen molar-refractivity contribution >= 4 is 35.3 Å². The summed E-state index contributed by atoms with van der Waals surface area (Å²) in [6, 6.07) is 20.7. The third-order valence-electron chi connectivity index (χ3n) is 5.36. The van der Waals surface area contributed by atoms with Crippen LogP contribution in [0, 0.1) is 0 Å². The fourth-order valence-electron chi connectivity index (χ4n) is 3.35. The van der Waals surface area contributed by atoms with Gasteiger partial charge in [0, 0.05) is 10.0 Å². The maximum atomic E-state index is 12.8. The fraction of sp³-hybridized carbons (Fsp3) is 0.310. The van der Waals surface area contributed by atoms with Gasteiger partial charge in [0.25, 0.3) is 0 Å². The molecule has 0 aliphatic carbocycles. The smallest absolute Gasteiger partial charge is 0.323 e. The van der Waals surface area contributed by atoms with Crippen LogP contribution in [-0.4, -0.2) is 25.0 Å². The predicted octanol–water partition coefficient (Wildman–Crippen LogP) is 7.67. The van der Waals surface area contributed by atoms with Gasteiger partial charge in [-0.1, -0.05) is 62.2 Å². The van der Waals surface area contributed by atoms with Gasteiger partial charge in [-0.15, -0.1) is 0 Å². The van der Waals surface area contributed by atoms with E-state index in [1.54, 1.807) is 48.5 Å². The lowest BCUT2D eigenvalue weighted by Crippen LogP contribution is -2.40. The number of rotatable bonds is 15. The molecule has 1 amide bonds. The van der Waals surface area contributed by atoms with Crippen molar-refractivity contribution in [3.63, 3.8) is 0 Å². The molecule has 0 aromatic heterocycles. The van der Waals surface area contributed by atoms with Crippen LogP contribution in [0.5, 0.6) is 17.2 Å². The molecule has 0 heterocycles. The molecule has 0 aliphatic heterocycles. The molecule has 0 saturated heterocycles. The summed E-state index contributed by atoms with van der Waals surface area (Å²) >= 11 is 11.9. The Hall–Kier alpha value is -3.22. The van der Waals surface area contributed by atoms with Crippen LogP contribution in [0.3, 0.4) is 0 Å². The molecule has 0 spiro atoms. The lowest BCUT2D eigenvalue weighted by Gasteiger charge is -2.19. The number of hydrogen-bond donors (Lipinski definition) is 1. The zero-order valence-corrected chi connectivity index (χ0v) is 22.4. The van der Waals surface area contributed by atoms with Crippen molar-refractivity contribution in [1.82, 2.24) is 5.43 Å². The fourth-order valence-corrected chi connectivity index (χ4v) is 3.60. The van der Waals surface area contributed by atoms with Crippen LogP contribution in [0.1, 0.15) is 51.0 Å². The Morgan fingerprint density at radius 2 is 1.30 bits per heavy atom. The second-order valence-corrected chi connectivity index (χ2v) is 9.27. The molecule has 0 radical (unpaired) electrons. The molecule has 196 valence electrons. The molecule has 0 unspecified atom stereocenters. The zero-order valence-electron chi connectivity index (χ0n) is 20.9. The molecule has 37 heavy (non-hydrogen) atoms. The summed E-state index contributed by atoms with van der Waals surface area (Å²) in [5.41, 5.74) is 3.28. The van der Waals surface area contributed by atoms with Gasteiger partial charge in [0.1, 0.15) is 17.2 Å². The average Bonchev–Trinajstić information content (AvgIpc) is 2.91. The zero-order chi connectivity index (χ0) is 26.3. The van der Waals surface area contributed by atoms with Crippen molar-refractivity contribution in [3.8, 4) is 17.2 Å². The molecule has 0 bridgehead atoms. The molecule has 6 nitrogen and oxygen atoms in total. The summed E-state index contributed by atoms with van der Waals surface area (Å²) in [5, 5.41) is 5.15. The molecule has 3 rings (SSSR count). The normalized spacial score (nSPS) is 11.0. The van der Waals surface area contributed by atoms with Crippen molar-refractivity contribution in [2.45, 2.75) is 51.7 Å². The molecular weight excluding hydrogens is 511 g/mol. The number of nitrogens with one attached hydrogen (secondary N) is 1. The van der Waals surface area contributed by atoms with E-state index in [0.717, 1.165) is 17.7 Å². The molecule has 3 aromatic carbocycles. The maximum absolute atomic E-state index is 12.8.